The van der Waals surface area contributed by atoms with E-state index < -0.39 is 12.0 Å². The standard InChI is InChI=1S/C14H17NO3S/c1-10-4-2-3-5-11(10)8-13(16)15-6-7-19-9-12(15)14(17)18/h2-5,12H,6-9H2,1H3,(H,17,18). The first kappa shape index (κ1) is 13.9. The molecule has 1 aliphatic rings. The molecule has 0 bridgehead atoms. The lowest BCUT2D eigenvalue weighted by atomic mass is 10.0. The van der Waals surface area contributed by atoms with Crippen molar-refractivity contribution in [1.29, 1.82) is 0 Å². The SMILES string of the molecule is Cc1ccccc1CC(=O)N1CCSCC1C(=O)O. The van der Waals surface area contributed by atoms with Crippen LogP contribution in [0, 0.1) is 6.92 Å². The van der Waals surface area contributed by atoms with Gasteiger partial charge in [0.2, 0.25) is 5.91 Å². The molecule has 0 saturated carbocycles. The minimum Gasteiger partial charge on any atom is -0.480 e. The van der Waals surface area contributed by atoms with Crippen molar-refractivity contribution >= 4 is 23.6 Å². The van der Waals surface area contributed by atoms with E-state index in [1.807, 2.05) is 31.2 Å². The van der Waals surface area contributed by atoms with Crippen molar-refractivity contribution in [1.82, 2.24) is 4.90 Å². The smallest absolute Gasteiger partial charge is 0.327 e. The molecule has 1 atom stereocenters. The third kappa shape index (κ3) is 3.29. The fourth-order valence-electron chi connectivity index (χ4n) is 2.18. The average Bonchev–Trinajstić information content (AvgIpc) is 2.41. The summed E-state index contributed by atoms with van der Waals surface area (Å²) >= 11 is 1.59. The third-order valence-corrected chi connectivity index (χ3v) is 4.36. The minimum atomic E-state index is -0.912. The lowest BCUT2D eigenvalue weighted by Gasteiger charge is -2.32. The number of carboxylic acids is 1. The molecule has 102 valence electrons. The van der Waals surface area contributed by atoms with E-state index in [2.05, 4.69) is 0 Å². The van der Waals surface area contributed by atoms with Crippen molar-refractivity contribution in [3.05, 3.63) is 35.4 Å². The Balaban J connectivity index is 2.10. The van der Waals surface area contributed by atoms with E-state index in [9.17, 15) is 14.7 Å². The number of aliphatic carboxylic acids is 1. The fourth-order valence-corrected chi connectivity index (χ4v) is 3.22. The van der Waals surface area contributed by atoms with Gasteiger partial charge in [0.15, 0.2) is 0 Å². The second-order valence-electron chi connectivity index (χ2n) is 4.62. The second-order valence-corrected chi connectivity index (χ2v) is 5.77. The number of hydrogen-bond acceptors (Lipinski definition) is 3. The summed E-state index contributed by atoms with van der Waals surface area (Å²) in [7, 11) is 0. The van der Waals surface area contributed by atoms with Crippen LogP contribution < -0.4 is 0 Å². The largest absolute Gasteiger partial charge is 0.480 e. The highest BCUT2D eigenvalue weighted by Crippen LogP contribution is 2.18. The van der Waals surface area contributed by atoms with Crippen LogP contribution in [0.1, 0.15) is 11.1 Å². The van der Waals surface area contributed by atoms with Crippen molar-refractivity contribution in [2.75, 3.05) is 18.1 Å². The molecule has 1 saturated heterocycles. The van der Waals surface area contributed by atoms with Crippen LogP contribution in [0.3, 0.4) is 0 Å². The van der Waals surface area contributed by atoms with Crippen LogP contribution in [0.2, 0.25) is 0 Å². The number of benzene rings is 1. The maximum atomic E-state index is 12.3. The summed E-state index contributed by atoms with van der Waals surface area (Å²) in [6.45, 7) is 2.48. The predicted octanol–water partition coefficient (Wildman–Crippen LogP) is 1.57. The van der Waals surface area contributed by atoms with Crippen LogP contribution in [0.4, 0.5) is 0 Å². The zero-order valence-electron chi connectivity index (χ0n) is 10.8. The van der Waals surface area contributed by atoms with Gasteiger partial charge in [-0.3, -0.25) is 4.79 Å². The van der Waals surface area contributed by atoms with Crippen LogP contribution in [0.5, 0.6) is 0 Å². The molecule has 1 aliphatic heterocycles. The van der Waals surface area contributed by atoms with Crippen LogP contribution >= 0.6 is 11.8 Å². The number of carbonyl (C=O) groups is 2. The highest BCUT2D eigenvalue weighted by molar-refractivity contribution is 7.99. The monoisotopic (exact) mass is 279 g/mol. The summed E-state index contributed by atoms with van der Waals surface area (Å²) in [4.78, 5) is 25.0. The summed E-state index contributed by atoms with van der Waals surface area (Å²) in [6, 6.07) is 7.03. The van der Waals surface area contributed by atoms with Crippen LogP contribution in [-0.4, -0.2) is 46.0 Å². The fraction of sp³-hybridized carbons (Fsp3) is 0.429. The van der Waals surface area contributed by atoms with E-state index in [4.69, 9.17) is 0 Å². The number of rotatable bonds is 3. The second kappa shape index (κ2) is 6.10. The number of hydrogen-bond donors (Lipinski definition) is 1. The van der Waals surface area contributed by atoms with Gasteiger partial charge in [0, 0.05) is 18.1 Å². The van der Waals surface area contributed by atoms with Crippen molar-refractivity contribution in [2.24, 2.45) is 0 Å². The van der Waals surface area contributed by atoms with Gasteiger partial charge in [-0.15, -0.1) is 0 Å². The van der Waals surface area contributed by atoms with E-state index in [0.29, 0.717) is 12.3 Å². The van der Waals surface area contributed by atoms with Crippen molar-refractivity contribution < 1.29 is 14.7 Å². The molecule has 0 aliphatic carbocycles. The molecule has 2 rings (SSSR count). The Kier molecular flexibility index (Phi) is 4.47. The summed E-state index contributed by atoms with van der Waals surface area (Å²) < 4.78 is 0. The first-order valence-electron chi connectivity index (χ1n) is 6.24. The molecule has 1 heterocycles. The van der Waals surface area contributed by atoms with E-state index in [0.717, 1.165) is 16.9 Å². The predicted molar refractivity (Wildman–Crippen MR) is 75.3 cm³/mol. The quantitative estimate of drug-likeness (QED) is 0.912. The summed E-state index contributed by atoms with van der Waals surface area (Å²) in [6.07, 6.45) is 0.279. The van der Waals surface area contributed by atoms with E-state index in [-0.39, 0.29) is 12.3 Å². The zero-order valence-corrected chi connectivity index (χ0v) is 11.7. The molecule has 4 nitrogen and oxygen atoms in total. The molecule has 1 aromatic rings. The Hall–Kier alpha value is -1.49. The number of nitrogens with zero attached hydrogens (tertiary/aromatic N) is 1. The Labute approximate surface area is 116 Å². The molecule has 1 amide bonds. The summed E-state index contributed by atoms with van der Waals surface area (Å²) in [5.41, 5.74) is 2.03. The summed E-state index contributed by atoms with van der Waals surface area (Å²) in [5.74, 6) is 0.283. The molecule has 19 heavy (non-hydrogen) atoms. The number of aryl methyl sites for hydroxylation is 1. The maximum absolute atomic E-state index is 12.3. The molecule has 0 spiro atoms. The van der Waals surface area contributed by atoms with Gasteiger partial charge in [0.25, 0.3) is 0 Å². The van der Waals surface area contributed by atoms with Gasteiger partial charge < -0.3 is 10.0 Å². The molecular formula is C14H17NO3S. The Morgan fingerprint density at radius 2 is 2.16 bits per heavy atom. The molecule has 1 aromatic carbocycles. The first-order chi connectivity index (χ1) is 9.09. The van der Waals surface area contributed by atoms with Gasteiger partial charge in [0.05, 0.1) is 6.42 Å². The lowest BCUT2D eigenvalue weighted by molar-refractivity contribution is -0.148. The van der Waals surface area contributed by atoms with Crippen molar-refractivity contribution in [2.45, 2.75) is 19.4 Å². The Morgan fingerprint density at radius 1 is 1.42 bits per heavy atom. The van der Waals surface area contributed by atoms with Crippen LogP contribution in [0.25, 0.3) is 0 Å². The average molecular weight is 279 g/mol. The van der Waals surface area contributed by atoms with E-state index in [1.54, 1.807) is 11.8 Å². The van der Waals surface area contributed by atoms with Crippen molar-refractivity contribution in [3.63, 3.8) is 0 Å². The van der Waals surface area contributed by atoms with Crippen molar-refractivity contribution in [3.8, 4) is 0 Å². The Bertz CT molecular complexity index is 489. The van der Waals surface area contributed by atoms with E-state index in [1.165, 1.54) is 4.90 Å². The number of amides is 1. The number of carbonyl (C=O) groups excluding carboxylic acids is 1. The maximum Gasteiger partial charge on any atom is 0.327 e. The number of carboxylic acid groups (broad SMARTS) is 1. The normalized spacial score (nSPS) is 19.2. The lowest BCUT2D eigenvalue weighted by Crippen LogP contribution is -2.50. The van der Waals surface area contributed by atoms with Crippen LogP contribution in [-0.2, 0) is 16.0 Å². The topological polar surface area (TPSA) is 57.6 Å². The highest BCUT2D eigenvalue weighted by Gasteiger charge is 2.32. The molecule has 0 aromatic heterocycles. The Morgan fingerprint density at radius 3 is 2.84 bits per heavy atom. The van der Waals surface area contributed by atoms with Gasteiger partial charge in [-0.05, 0) is 18.1 Å². The molecule has 1 N–H and O–H groups in total. The molecule has 1 unspecified atom stereocenters. The number of thioether (sulfide) groups is 1. The third-order valence-electron chi connectivity index (χ3n) is 3.34. The van der Waals surface area contributed by atoms with Gasteiger partial charge in [0.1, 0.15) is 6.04 Å². The molecule has 5 heteroatoms. The van der Waals surface area contributed by atoms with E-state index >= 15 is 0 Å². The van der Waals surface area contributed by atoms with Gasteiger partial charge in [-0.1, -0.05) is 24.3 Å². The summed E-state index contributed by atoms with van der Waals surface area (Å²) in [5, 5.41) is 9.17. The van der Waals surface area contributed by atoms with Gasteiger partial charge >= 0.3 is 5.97 Å². The van der Waals surface area contributed by atoms with Gasteiger partial charge in [-0.2, -0.15) is 11.8 Å². The molecule has 0 radical (unpaired) electrons. The molecule has 1 fully saturated rings. The van der Waals surface area contributed by atoms with Crippen LogP contribution in [0.15, 0.2) is 24.3 Å². The highest BCUT2D eigenvalue weighted by atomic mass is 32.2. The van der Waals surface area contributed by atoms with Gasteiger partial charge in [-0.25, -0.2) is 4.79 Å². The first-order valence-corrected chi connectivity index (χ1v) is 7.39. The zero-order chi connectivity index (χ0) is 13.8. The minimum absolute atomic E-state index is 0.0954. The molecular weight excluding hydrogens is 262 g/mol.